The summed E-state index contributed by atoms with van der Waals surface area (Å²) in [4.78, 5) is 12.0. The highest BCUT2D eigenvalue weighted by molar-refractivity contribution is 9.10. The molecule has 1 amide bonds. The van der Waals surface area contributed by atoms with Crippen LogP contribution in [0.3, 0.4) is 0 Å². The van der Waals surface area contributed by atoms with Gasteiger partial charge in [-0.2, -0.15) is 0 Å². The van der Waals surface area contributed by atoms with Crippen molar-refractivity contribution in [1.82, 2.24) is 0 Å². The van der Waals surface area contributed by atoms with Gasteiger partial charge in [0, 0.05) is 0 Å². The molecule has 0 aliphatic carbocycles. The van der Waals surface area contributed by atoms with Crippen molar-refractivity contribution < 1.29 is 9.53 Å². The fraction of sp³-hybridized carbons (Fsp3) is 0.267. The molecule has 0 N–H and O–H groups in total. The van der Waals surface area contributed by atoms with Crippen LogP contribution in [0.15, 0.2) is 42.5 Å². The first-order valence-electron chi connectivity index (χ1n) is 6.04. The number of rotatable bonds is 1. The Labute approximate surface area is 121 Å². The molecule has 4 heteroatoms. The number of carbonyl (C=O) groups excluding carboxylic acids is 1. The van der Waals surface area contributed by atoms with Crippen LogP contribution in [0.2, 0.25) is 0 Å². The van der Waals surface area contributed by atoms with Gasteiger partial charge < -0.3 is 4.74 Å². The van der Waals surface area contributed by atoms with Crippen LogP contribution in [-0.2, 0) is 4.74 Å². The molecule has 2 aromatic carbocycles. The molecule has 0 aliphatic rings. The Balaban J connectivity index is 2.26. The Morgan fingerprint density at radius 2 is 1.74 bits per heavy atom. The SMILES string of the molecule is CC(C)(C)OC(=O)N(Br)c1ccc2ccccc2c1. The third-order valence-corrected chi connectivity index (χ3v) is 3.21. The molecule has 2 aromatic rings. The van der Waals surface area contributed by atoms with Crippen molar-refractivity contribution >= 4 is 38.7 Å². The van der Waals surface area contributed by atoms with E-state index in [-0.39, 0.29) is 0 Å². The van der Waals surface area contributed by atoms with Crippen LogP contribution in [0.4, 0.5) is 10.5 Å². The standard InChI is InChI=1S/C15H16BrNO2/c1-15(2,3)19-14(18)17(16)13-9-8-11-6-4-5-7-12(11)10-13/h4-10H,1-3H3. The van der Waals surface area contributed by atoms with Crippen LogP contribution < -0.4 is 3.93 Å². The van der Waals surface area contributed by atoms with Crippen molar-refractivity contribution in [2.75, 3.05) is 3.93 Å². The summed E-state index contributed by atoms with van der Waals surface area (Å²) in [6.07, 6.45) is -0.428. The number of hydrogen-bond donors (Lipinski definition) is 0. The first kappa shape index (κ1) is 13.9. The van der Waals surface area contributed by atoms with Crippen molar-refractivity contribution in [2.45, 2.75) is 26.4 Å². The van der Waals surface area contributed by atoms with Crippen LogP contribution >= 0.6 is 16.1 Å². The highest BCUT2D eigenvalue weighted by atomic mass is 79.9. The number of nitrogens with zero attached hydrogens (tertiary/aromatic N) is 1. The summed E-state index contributed by atoms with van der Waals surface area (Å²) in [5.74, 6) is 0. The second-order valence-electron chi connectivity index (χ2n) is 5.29. The van der Waals surface area contributed by atoms with Gasteiger partial charge >= 0.3 is 6.09 Å². The number of ether oxygens (including phenoxy) is 1. The summed E-state index contributed by atoms with van der Waals surface area (Å²) in [5.41, 5.74) is 0.230. The summed E-state index contributed by atoms with van der Waals surface area (Å²) in [5, 5.41) is 2.21. The molecule has 0 fully saturated rings. The lowest BCUT2D eigenvalue weighted by molar-refractivity contribution is 0.0614. The van der Waals surface area contributed by atoms with Gasteiger partial charge in [0.25, 0.3) is 0 Å². The summed E-state index contributed by atoms with van der Waals surface area (Å²) < 4.78 is 6.64. The normalized spacial score (nSPS) is 11.4. The zero-order valence-corrected chi connectivity index (χ0v) is 12.8. The van der Waals surface area contributed by atoms with Crippen molar-refractivity contribution in [1.29, 1.82) is 0 Å². The second-order valence-corrected chi connectivity index (χ2v) is 6.00. The van der Waals surface area contributed by atoms with Gasteiger partial charge in [-0.15, -0.1) is 0 Å². The molecule has 3 nitrogen and oxygen atoms in total. The molecule has 0 spiro atoms. The van der Waals surface area contributed by atoms with Crippen LogP contribution in [0.1, 0.15) is 20.8 Å². The van der Waals surface area contributed by atoms with Crippen LogP contribution in [0.25, 0.3) is 10.8 Å². The molecule has 0 heterocycles. The van der Waals surface area contributed by atoms with Gasteiger partial charge in [0.05, 0.1) is 21.8 Å². The topological polar surface area (TPSA) is 29.5 Å². The number of anilines is 1. The molecule has 0 saturated carbocycles. The van der Waals surface area contributed by atoms with Crippen molar-refractivity contribution in [2.24, 2.45) is 0 Å². The predicted molar refractivity (Wildman–Crippen MR) is 81.6 cm³/mol. The molecule has 0 aromatic heterocycles. The number of halogens is 1. The Hall–Kier alpha value is -1.55. The van der Waals surface area contributed by atoms with Crippen LogP contribution in [-0.4, -0.2) is 11.7 Å². The van der Waals surface area contributed by atoms with E-state index in [1.807, 2.05) is 63.2 Å². The van der Waals surface area contributed by atoms with Gasteiger partial charge in [-0.05, 0) is 43.7 Å². The van der Waals surface area contributed by atoms with Gasteiger partial charge in [0.2, 0.25) is 0 Å². The molecular weight excluding hydrogens is 306 g/mol. The minimum Gasteiger partial charge on any atom is -0.443 e. The molecule has 100 valence electrons. The zero-order valence-electron chi connectivity index (χ0n) is 11.2. The van der Waals surface area contributed by atoms with E-state index < -0.39 is 11.7 Å². The largest absolute Gasteiger partial charge is 0.443 e. The van der Waals surface area contributed by atoms with Crippen LogP contribution in [0.5, 0.6) is 0 Å². The minimum absolute atomic E-state index is 0.428. The van der Waals surface area contributed by atoms with Crippen molar-refractivity contribution in [3.05, 3.63) is 42.5 Å². The maximum atomic E-state index is 12.0. The highest BCUT2D eigenvalue weighted by Gasteiger charge is 2.21. The third-order valence-electron chi connectivity index (χ3n) is 2.51. The average molecular weight is 322 g/mol. The minimum atomic E-state index is -0.514. The molecule has 0 saturated heterocycles. The summed E-state index contributed by atoms with van der Waals surface area (Å²) >= 11 is 3.25. The molecule has 19 heavy (non-hydrogen) atoms. The molecule has 0 bridgehead atoms. The van der Waals surface area contributed by atoms with Gasteiger partial charge in [-0.25, -0.2) is 8.72 Å². The third kappa shape index (κ3) is 3.47. The Bertz CT molecular complexity index is 604. The fourth-order valence-corrected chi connectivity index (χ4v) is 2.00. The van der Waals surface area contributed by atoms with Crippen molar-refractivity contribution in [3.8, 4) is 0 Å². The number of benzene rings is 2. The quantitative estimate of drug-likeness (QED) is 0.700. The number of fused-ring (bicyclic) bond motifs is 1. The highest BCUT2D eigenvalue weighted by Crippen LogP contribution is 2.25. The van der Waals surface area contributed by atoms with Crippen molar-refractivity contribution in [3.63, 3.8) is 0 Å². The lowest BCUT2D eigenvalue weighted by atomic mass is 10.1. The number of carbonyl (C=O) groups is 1. The summed E-state index contributed by atoms with van der Waals surface area (Å²) in [6, 6.07) is 13.8. The predicted octanol–water partition coefficient (Wildman–Crippen LogP) is 4.89. The molecular formula is C15H16BrNO2. The molecule has 2 rings (SSSR count). The molecule has 0 unspecified atom stereocenters. The lowest BCUT2D eigenvalue weighted by Crippen LogP contribution is -2.30. The first-order chi connectivity index (χ1) is 8.87. The van der Waals surface area contributed by atoms with E-state index >= 15 is 0 Å². The first-order valence-corrected chi connectivity index (χ1v) is 6.75. The van der Waals surface area contributed by atoms with E-state index in [1.165, 1.54) is 3.93 Å². The lowest BCUT2D eigenvalue weighted by Gasteiger charge is -2.23. The zero-order chi connectivity index (χ0) is 14.0. The Kier molecular flexibility index (Phi) is 3.80. The summed E-state index contributed by atoms with van der Waals surface area (Å²) in [7, 11) is 0. The smallest absolute Gasteiger partial charge is 0.425 e. The summed E-state index contributed by atoms with van der Waals surface area (Å²) in [6.45, 7) is 5.52. The average Bonchev–Trinajstić information content (AvgIpc) is 2.35. The Morgan fingerprint density at radius 3 is 2.37 bits per heavy atom. The molecule has 0 atom stereocenters. The number of hydrogen-bond acceptors (Lipinski definition) is 2. The van der Waals surface area contributed by atoms with E-state index in [0.29, 0.717) is 0 Å². The van der Waals surface area contributed by atoms with Gasteiger partial charge in [-0.1, -0.05) is 30.3 Å². The van der Waals surface area contributed by atoms with E-state index in [4.69, 9.17) is 4.74 Å². The fourth-order valence-electron chi connectivity index (χ4n) is 1.71. The molecule has 0 aliphatic heterocycles. The van der Waals surface area contributed by atoms with E-state index in [1.54, 1.807) is 0 Å². The monoisotopic (exact) mass is 321 g/mol. The van der Waals surface area contributed by atoms with Gasteiger partial charge in [-0.3, -0.25) is 0 Å². The second kappa shape index (κ2) is 5.21. The number of amides is 1. The Morgan fingerprint density at radius 1 is 1.11 bits per heavy atom. The van der Waals surface area contributed by atoms with Gasteiger partial charge in [0.1, 0.15) is 5.60 Å². The van der Waals surface area contributed by atoms with E-state index in [9.17, 15) is 4.79 Å². The van der Waals surface area contributed by atoms with E-state index in [2.05, 4.69) is 16.1 Å². The van der Waals surface area contributed by atoms with Gasteiger partial charge in [0.15, 0.2) is 0 Å². The molecule has 0 radical (unpaired) electrons. The van der Waals surface area contributed by atoms with Crippen LogP contribution in [0, 0.1) is 0 Å². The maximum Gasteiger partial charge on any atom is 0.425 e. The maximum absolute atomic E-state index is 12.0. The van der Waals surface area contributed by atoms with E-state index in [0.717, 1.165) is 16.5 Å².